The second kappa shape index (κ2) is 14.6. The number of benzene rings is 3. The highest BCUT2D eigenvalue weighted by molar-refractivity contribution is 6.76. The molecule has 0 saturated heterocycles. The van der Waals surface area contributed by atoms with E-state index in [-0.39, 0.29) is 0 Å². The van der Waals surface area contributed by atoms with E-state index in [0.29, 0.717) is 25.3 Å². The minimum atomic E-state index is -1.13. The molecule has 0 N–H and O–H groups in total. The number of nitrogens with zero attached hydrogens (tertiary/aromatic N) is 5. The van der Waals surface area contributed by atoms with Crippen LogP contribution in [0, 0.1) is 5.92 Å². The predicted molar refractivity (Wildman–Crippen MR) is 199 cm³/mol. The first-order valence-corrected chi connectivity index (χ1v) is 21.3. The van der Waals surface area contributed by atoms with Crippen LogP contribution in [0.2, 0.25) is 25.7 Å². The van der Waals surface area contributed by atoms with Gasteiger partial charge in [-0.1, -0.05) is 111 Å². The van der Waals surface area contributed by atoms with Gasteiger partial charge in [0.05, 0.1) is 24.5 Å². The average molecular weight is 670 g/mol. The zero-order valence-electron chi connectivity index (χ0n) is 28.9. The Morgan fingerprint density at radius 3 is 1.98 bits per heavy atom. The highest BCUT2D eigenvalue weighted by Gasteiger charge is 2.38. The third-order valence-corrected chi connectivity index (χ3v) is 11.6. The molecule has 0 radical (unpaired) electrons. The molecule has 0 unspecified atom stereocenters. The van der Waals surface area contributed by atoms with Crippen molar-refractivity contribution in [1.29, 1.82) is 0 Å². The first-order valence-electron chi connectivity index (χ1n) is 17.6. The second-order valence-electron chi connectivity index (χ2n) is 14.6. The van der Waals surface area contributed by atoms with Crippen LogP contribution in [0.1, 0.15) is 48.4 Å². The van der Waals surface area contributed by atoms with Crippen molar-refractivity contribution in [3.05, 3.63) is 139 Å². The molecule has 3 heterocycles. The number of aromatic nitrogens is 5. The first kappa shape index (κ1) is 33.1. The maximum absolute atomic E-state index is 7.17. The summed E-state index contributed by atoms with van der Waals surface area (Å²) in [6.07, 6.45) is 12.1. The van der Waals surface area contributed by atoms with Crippen LogP contribution in [0.4, 0.5) is 0 Å². The van der Waals surface area contributed by atoms with E-state index in [0.717, 1.165) is 77.3 Å². The van der Waals surface area contributed by atoms with Crippen LogP contribution in [-0.4, -0.2) is 45.6 Å². The second-order valence-corrected chi connectivity index (χ2v) is 20.2. The number of ether oxygens (including phenoxy) is 2. The van der Waals surface area contributed by atoms with Crippen molar-refractivity contribution < 1.29 is 9.47 Å². The number of fused-ring (bicyclic) bond motifs is 1. The van der Waals surface area contributed by atoms with E-state index in [1.54, 1.807) is 6.33 Å². The molecule has 6 aromatic rings. The lowest BCUT2D eigenvalue weighted by Gasteiger charge is -2.38. The van der Waals surface area contributed by atoms with E-state index in [9.17, 15) is 0 Å². The van der Waals surface area contributed by atoms with E-state index in [1.165, 1.54) is 0 Å². The number of rotatable bonds is 13. The molecule has 0 atom stereocenters. The summed E-state index contributed by atoms with van der Waals surface area (Å²) in [6.45, 7) is 9.08. The fourth-order valence-electron chi connectivity index (χ4n) is 7.13. The number of hydrogen-bond acceptors (Lipinski definition) is 5. The van der Waals surface area contributed by atoms with E-state index in [1.807, 2.05) is 12.4 Å². The largest absolute Gasteiger partial charge is 0.361 e. The monoisotopic (exact) mass is 669 g/mol. The summed E-state index contributed by atoms with van der Waals surface area (Å²) in [5.41, 5.74) is 5.59. The molecule has 3 aromatic heterocycles. The summed E-state index contributed by atoms with van der Waals surface area (Å²) in [5, 5.41) is 5.86. The molecule has 1 saturated carbocycles. The molecule has 0 spiro atoms. The van der Waals surface area contributed by atoms with Gasteiger partial charge in [-0.2, -0.15) is 5.10 Å². The zero-order chi connectivity index (χ0) is 33.7. The Morgan fingerprint density at radius 1 is 0.776 bits per heavy atom. The minimum Gasteiger partial charge on any atom is -0.361 e. The fourth-order valence-corrected chi connectivity index (χ4v) is 7.88. The molecule has 1 aliphatic carbocycles. The van der Waals surface area contributed by atoms with Gasteiger partial charge >= 0.3 is 0 Å². The Labute approximate surface area is 291 Å². The van der Waals surface area contributed by atoms with Gasteiger partial charge in [-0.25, -0.2) is 9.97 Å². The SMILES string of the molecule is C[Si](C)(C)CCOCn1ccc2c(-c3cnn(C4CCC(COC(c5ccccc5)(c5ccccc5)c5ccccc5)CC4)c3)ncnc21. The summed E-state index contributed by atoms with van der Waals surface area (Å²) >= 11 is 0. The molecule has 7 rings (SSSR count). The Bertz CT molecular complexity index is 1830. The normalized spacial score (nSPS) is 17.0. The maximum Gasteiger partial charge on any atom is 0.145 e. The van der Waals surface area contributed by atoms with Gasteiger partial charge in [0.2, 0.25) is 0 Å². The van der Waals surface area contributed by atoms with Gasteiger partial charge in [-0.3, -0.25) is 4.68 Å². The molecule has 7 nitrogen and oxygen atoms in total. The van der Waals surface area contributed by atoms with Crippen LogP contribution in [0.25, 0.3) is 22.3 Å². The summed E-state index contributed by atoms with van der Waals surface area (Å²) in [4.78, 5) is 9.28. The quantitative estimate of drug-likeness (QED) is 0.0697. The lowest BCUT2D eigenvalue weighted by molar-refractivity contribution is -0.0172. The van der Waals surface area contributed by atoms with Crippen LogP contribution >= 0.6 is 0 Å². The van der Waals surface area contributed by atoms with Crippen LogP contribution in [0.5, 0.6) is 0 Å². The Kier molecular flexibility index (Phi) is 9.89. The molecule has 0 aliphatic heterocycles. The predicted octanol–water partition coefficient (Wildman–Crippen LogP) is 9.35. The first-order chi connectivity index (χ1) is 23.9. The van der Waals surface area contributed by atoms with Crippen LogP contribution in [0.3, 0.4) is 0 Å². The molecule has 0 amide bonds. The average Bonchev–Trinajstić information content (AvgIpc) is 3.80. The molecule has 3 aromatic carbocycles. The Morgan fingerprint density at radius 2 is 1.39 bits per heavy atom. The van der Waals surface area contributed by atoms with E-state index < -0.39 is 13.7 Å². The van der Waals surface area contributed by atoms with Gasteiger partial charge in [0.15, 0.2) is 0 Å². The van der Waals surface area contributed by atoms with Crippen molar-refractivity contribution in [2.24, 2.45) is 5.92 Å². The van der Waals surface area contributed by atoms with Gasteiger partial charge in [-0.05, 0) is 60.4 Å². The third-order valence-electron chi connectivity index (χ3n) is 9.92. The molecule has 0 bridgehead atoms. The molecule has 8 heteroatoms. The maximum atomic E-state index is 7.17. The van der Waals surface area contributed by atoms with Crippen molar-refractivity contribution >= 4 is 19.1 Å². The molecular formula is C41H47N5O2Si. The lowest BCUT2D eigenvalue weighted by Crippen LogP contribution is -2.35. The Hall–Kier alpha value is -4.37. The molecule has 1 fully saturated rings. The van der Waals surface area contributed by atoms with Crippen molar-refractivity contribution in [2.75, 3.05) is 13.2 Å². The van der Waals surface area contributed by atoms with Gasteiger partial charge in [-0.15, -0.1) is 0 Å². The van der Waals surface area contributed by atoms with E-state index in [2.05, 4.69) is 142 Å². The van der Waals surface area contributed by atoms with E-state index >= 15 is 0 Å². The van der Waals surface area contributed by atoms with Crippen molar-refractivity contribution in [3.63, 3.8) is 0 Å². The summed E-state index contributed by atoms with van der Waals surface area (Å²) in [6, 6.07) is 35.6. The van der Waals surface area contributed by atoms with Gasteiger partial charge in [0.25, 0.3) is 0 Å². The third kappa shape index (κ3) is 7.32. The standard InChI is InChI=1S/C41H47N5O2Si/c1-49(2,3)26-25-47-31-45-24-23-38-39(42-30-43-40(38)45)33-27-44-46(28-33)37-21-19-32(20-22-37)29-48-41(34-13-7-4-8-14-34,35-15-9-5-10-16-35)36-17-11-6-12-18-36/h4-18,23-24,27-28,30,32,37H,19-22,25-26,29,31H2,1-3H3. The minimum absolute atomic E-state index is 0.355. The lowest BCUT2D eigenvalue weighted by atomic mass is 9.79. The van der Waals surface area contributed by atoms with Crippen LogP contribution in [0.15, 0.2) is 122 Å². The topological polar surface area (TPSA) is 67.0 Å². The van der Waals surface area contributed by atoms with Crippen LogP contribution in [-0.2, 0) is 21.8 Å². The highest BCUT2D eigenvalue weighted by Crippen LogP contribution is 2.42. The van der Waals surface area contributed by atoms with Gasteiger partial charge in [0, 0.05) is 38.0 Å². The summed E-state index contributed by atoms with van der Waals surface area (Å²) in [5.74, 6) is 0.469. The molecular weight excluding hydrogens is 623 g/mol. The van der Waals surface area contributed by atoms with Gasteiger partial charge in [0.1, 0.15) is 24.3 Å². The summed E-state index contributed by atoms with van der Waals surface area (Å²) in [7, 11) is -1.13. The highest BCUT2D eigenvalue weighted by atomic mass is 28.3. The van der Waals surface area contributed by atoms with Crippen molar-refractivity contribution in [2.45, 2.75) is 69.7 Å². The molecule has 252 valence electrons. The number of hydrogen-bond donors (Lipinski definition) is 0. The molecule has 1 aliphatic rings. The van der Waals surface area contributed by atoms with Crippen molar-refractivity contribution in [1.82, 2.24) is 24.3 Å². The van der Waals surface area contributed by atoms with Gasteiger partial charge < -0.3 is 14.0 Å². The summed E-state index contributed by atoms with van der Waals surface area (Å²) < 4.78 is 17.4. The zero-order valence-corrected chi connectivity index (χ0v) is 29.9. The smallest absolute Gasteiger partial charge is 0.145 e. The fraction of sp³-hybridized carbons (Fsp3) is 0.341. The van der Waals surface area contributed by atoms with Crippen molar-refractivity contribution in [3.8, 4) is 11.3 Å². The Balaban J connectivity index is 1.03. The van der Waals surface area contributed by atoms with E-state index in [4.69, 9.17) is 14.6 Å². The van der Waals surface area contributed by atoms with Crippen LogP contribution < -0.4 is 0 Å². The molecule has 49 heavy (non-hydrogen) atoms.